The number of nitrogens with one attached hydrogen (secondary N) is 1. The summed E-state index contributed by atoms with van der Waals surface area (Å²) in [6, 6.07) is 3.86. The fraction of sp³-hybridized carbons (Fsp3) is 0.438. The number of aromatic amines is 1. The fourth-order valence-corrected chi connectivity index (χ4v) is 3.06. The molecule has 4 rings (SSSR count). The summed E-state index contributed by atoms with van der Waals surface area (Å²) >= 11 is 0. The Balaban J connectivity index is 1.63. The van der Waals surface area contributed by atoms with Crippen molar-refractivity contribution >= 4 is 11.0 Å². The number of hydrogen-bond donors (Lipinski definition) is 1. The molecule has 1 fully saturated rings. The van der Waals surface area contributed by atoms with Gasteiger partial charge in [0.1, 0.15) is 5.65 Å². The molecule has 1 aliphatic rings. The van der Waals surface area contributed by atoms with Gasteiger partial charge in [0, 0.05) is 56.5 Å². The summed E-state index contributed by atoms with van der Waals surface area (Å²) in [5.41, 5.74) is 1.44. The molecule has 23 heavy (non-hydrogen) atoms. The van der Waals surface area contributed by atoms with E-state index in [1.165, 1.54) is 0 Å². The maximum absolute atomic E-state index is 5.73. The number of hydrogen-bond acceptors (Lipinski definition) is 6. The number of nitrogens with zero attached hydrogens (tertiary/aromatic N) is 3. The van der Waals surface area contributed by atoms with E-state index < -0.39 is 0 Å². The van der Waals surface area contributed by atoms with E-state index in [1.54, 1.807) is 13.3 Å². The van der Waals surface area contributed by atoms with Gasteiger partial charge in [-0.2, -0.15) is 4.98 Å². The number of fused-ring (bicyclic) bond motifs is 1. The highest BCUT2D eigenvalue weighted by molar-refractivity contribution is 5.90. The van der Waals surface area contributed by atoms with Crippen LogP contribution in [-0.4, -0.2) is 46.0 Å². The lowest BCUT2D eigenvalue weighted by Crippen LogP contribution is -2.40. The molecule has 120 valence electrons. The van der Waals surface area contributed by atoms with Crippen molar-refractivity contribution in [1.29, 1.82) is 0 Å². The van der Waals surface area contributed by atoms with Crippen molar-refractivity contribution in [3.63, 3.8) is 0 Å². The first-order valence-electron chi connectivity index (χ1n) is 7.68. The summed E-state index contributed by atoms with van der Waals surface area (Å²) in [6.07, 6.45) is 5.85. The molecule has 1 aliphatic heterocycles. The lowest BCUT2D eigenvalue weighted by atomic mass is 9.90. The minimum atomic E-state index is -0.274. The van der Waals surface area contributed by atoms with E-state index in [2.05, 4.69) is 20.1 Å². The molecule has 1 N–H and O–H groups in total. The largest absolute Gasteiger partial charge is 0.381 e. The van der Waals surface area contributed by atoms with Crippen molar-refractivity contribution in [2.45, 2.75) is 24.9 Å². The second kappa shape index (κ2) is 5.75. The van der Waals surface area contributed by atoms with Crippen molar-refractivity contribution in [3.05, 3.63) is 30.4 Å². The first-order valence-corrected chi connectivity index (χ1v) is 7.68. The van der Waals surface area contributed by atoms with E-state index in [0.717, 1.165) is 29.4 Å². The molecule has 0 aliphatic carbocycles. The normalized spacial score (nSPS) is 17.6. The van der Waals surface area contributed by atoms with Gasteiger partial charge in [-0.05, 0) is 12.1 Å². The highest BCUT2D eigenvalue weighted by Gasteiger charge is 2.35. The van der Waals surface area contributed by atoms with Gasteiger partial charge < -0.3 is 19.0 Å². The van der Waals surface area contributed by atoms with Crippen LogP contribution in [-0.2, 0) is 15.9 Å². The summed E-state index contributed by atoms with van der Waals surface area (Å²) < 4.78 is 16.6. The van der Waals surface area contributed by atoms with Crippen LogP contribution in [0.2, 0.25) is 0 Å². The average Bonchev–Trinajstić information content (AvgIpc) is 3.24. The lowest BCUT2D eigenvalue weighted by Gasteiger charge is -2.34. The standard InChI is InChI=1S/C16H18N4O3/c1-21-16(4-8-22-9-5-16)10-13-19-15(20-23-13)12-3-7-18-14-11(12)2-6-17-14/h2-3,6-7H,4-5,8-10H2,1H3,(H,17,18). The van der Waals surface area contributed by atoms with Gasteiger partial charge in [0.25, 0.3) is 0 Å². The maximum Gasteiger partial charge on any atom is 0.229 e. The van der Waals surface area contributed by atoms with Crippen LogP contribution in [0.5, 0.6) is 0 Å². The van der Waals surface area contributed by atoms with E-state index in [1.807, 2.05) is 18.3 Å². The summed E-state index contributed by atoms with van der Waals surface area (Å²) in [6.45, 7) is 1.40. The third-order valence-electron chi connectivity index (χ3n) is 4.48. The molecule has 0 radical (unpaired) electrons. The van der Waals surface area contributed by atoms with Crippen LogP contribution < -0.4 is 0 Å². The molecule has 0 saturated carbocycles. The average molecular weight is 314 g/mol. The predicted molar refractivity (Wildman–Crippen MR) is 82.9 cm³/mol. The molecule has 0 amide bonds. The molecule has 0 atom stereocenters. The topological polar surface area (TPSA) is 86.1 Å². The number of H-pyrrole nitrogens is 1. The summed E-state index contributed by atoms with van der Waals surface area (Å²) in [4.78, 5) is 11.9. The van der Waals surface area contributed by atoms with Crippen LogP contribution in [0, 0.1) is 0 Å². The molecule has 7 nitrogen and oxygen atoms in total. The number of pyridine rings is 1. The van der Waals surface area contributed by atoms with Gasteiger partial charge in [0.05, 0.1) is 12.0 Å². The SMILES string of the molecule is COC1(Cc2nc(-c3ccnc4[nH]ccc34)no2)CCOCC1. The van der Waals surface area contributed by atoms with Gasteiger partial charge in [-0.3, -0.25) is 0 Å². The van der Waals surface area contributed by atoms with Gasteiger partial charge >= 0.3 is 0 Å². The second-order valence-corrected chi connectivity index (χ2v) is 5.79. The Bertz CT molecular complexity index is 804. The van der Waals surface area contributed by atoms with Gasteiger partial charge in [0.15, 0.2) is 0 Å². The van der Waals surface area contributed by atoms with Gasteiger partial charge in [-0.15, -0.1) is 0 Å². The number of ether oxygens (including phenoxy) is 2. The van der Waals surface area contributed by atoms with Gasteiger partial charge in [-0.1, -0.05) is 5.16 Å². The Hall–Kier alpha value is -2.25. The number of rotatable bonds is 4. The molecule has 1 saturated heterocycles. The molecule has 0 unspecified atom stereocenters. The van der Waals surface area contributed by atoms with Crippen LogP contribution in [0.4, 0.5) is 0 Å². The Morgan fingerprint density at radius 1 is 1.30 bits per heavy atom. The molecule has 0 bridgehead atoms. The summed E-state index contributed by atoms with van der Waals surface area (Å²) in [5.74, 6) is 1.16. The highest BCUT2D eigenvalue weighted by atomic mass is 16.5. The zero-order chi connectivity index (χ0) is 15.7. The molecule has 3 aromatic rings. The van der Waals surface area contributed by atoms with E-state index in [-0.39, 0.29) is 5.60 Å². The van der Waals surface area contributed by atoms with Crippen LogP contribution in [0.15, 0.2) is 29.0 Å². The van der Waals surface area contributed by atoms with Crippen molar-refractivity contribution in [1.82, 2.24) is 20.1 Å². The Kier molecular flexibility index (Phi) is 3.59. The Labute approximate surface area is 133 Å². The minimum Gasteiger partial charge on any atom is -0.381 e. The van der Waals surface area contributed by atoms with Crippen molar-refractivity contribution in [2.24, 2.45) is 0 Å². The first kappa shape index (κ1) is 14.3. The molecular formula is C16H18N4O3. The van der Waals surface area contributed by atoms with Gasteiger partial charge in [0.2, 0.25) is 11.7 Å². The van der Waals surface area contributed by atoms with Gasteiger partial charge in [-0.25, -0.2) is 4.98 Å². The summed E-state index contributed by atoms with van der Waals surface area (Å²) in [7, 11) is 1.73. The maximum atomic E-state index is 5.73. The zero-order valence-electron chi connectivity index (χ0n) is 12.9. The highest BCUT2D eigenvalue weighted by Crippen LogP contribution is 2.30. The third-order valence-corrected chi connectivity index (χ3v) is 4.48. The van der Waals surface area contributed by atoms with E-state index >= 15 is 0 Å². The lowest BCUT2D eigenvalue weighted by molar-refractivity contribution is -0.0920. The van der Waals surface area contributed by atoms with E-state index in [4.69, 9.17) is 14.0 Å². The third kappa shape index (κ3) is 2.62. The number of methoxy groups -OCH3 is 1. The zero-order valence-corrected chi connectivity index (χ0v) is 12.9. The van der Waals surface area contributed by atoms with Crippen LogP contribution >= 0.6 is 0 Å². The summed E-state index contributed by atoms with van der Waals surface area (Å²) in [5, 5.41) is 5.11. The van der Waals surface area contributed by atoms with Crippen molar-refractivity contribution < 1.29 is 14.0 Å². The van der Waals surface area contributed by atoms with Crippen LogP contribution in [0.3, 0.4) is 0 Å². The quantitative estimate of drug-likeness (QED) is 0.795. The minimum absolute atomic E-state index is 0.274. The Morgan fingerprint density at radius 3 is 3.00 bits per heavy atom. The molecule has 3 aromatic heterocycles. The molecule has 0 aromatic carbocycles. The molecule has 4 heterocycles. The van der Waals surface area contributed by atoms with Crippen molar-refractivity contribution in [2.75, 3.05) is 20.3 Å². The fourth-order valence-electron chi connectivity index (χ4n) is 3.06. The van der Waals surface area contributed by atoms with Crippen LogP contribution in [0.1, 0.15) is 18.7 Å². The van der Waals surface area contributed by atoms with E-state index in [0.29, 0.717) is 31.3 Å². The smallest absolute Gasteiger partial charge is 0.229 e. The van der Waals surface area contributed by atoms with Crippen molar-refractivity contribution in [3.8, 4) is 11.4 Å². The molecule has 7 heteroatoms. The molecule has 0 spiro atoms. The molecular weight excluding hydrogens is 296 g/mol. The second-order valence-electron chi connectivity index (χ2n) is 5.79. The predicted octanol–water partition coefficient (Wildman–Crippen LogP) is 2.35. The van der Waals surface area contributed by atoms with Crippen LogP contribution in [0.25, 0.3) is 22.4 Å². The Morgan fingerprint density at radius 2 is 2.17 bits per heavy atom. The number of aromatic nitrogens is 4. The van der Waals surface area contributed by atoms with E-state index in [9.17, 15) is 0 Å². The first-order chi connectivity index (χ1) is 11.3. The monoisotopic (exact) mass is 314 g/mol.